The molecule has 1 aromatic rings. The third-order valence-corrected chi connectivity index (χ3v) is 2.97. The lowest BCUT2D eigenvalue weighted by atomic mass is 9.99. The van der Waals surface area contributed by atoms with Crippen LogP contribution >= 0.6 is 0 Å². The summed E-state index contributed by atoms with van der Waals surface area (Å²) in [6, 6.07) is 6.56. The van der Waals surface area contributed by atoms with Crippen molar-refractivity contribution in [3.8, 4) is 0 Å². The van der Waals surface area contributed by atoms with Gasteiger partial charge in [0, 0.05) is 19.6 Å². The van der Waals surface area contributed by atoms with E-state index in [1.165, 1.54) is 6.07 Å². The molecule has 0 aliphatic carbocycles. The van der Waals surface area contributed by atoms with Crippen LogP contribution in [0.2, 0.25) is 0 Å². The SMILES string of the molecule is CC(C)NC(C)(CN(C)c1ccccc1F)C(N)=O. The van der Waals surface area contributed by atoms with Crippen molar-refractivity contribution in [2.75, 3.05) is 18.5 Å². The Hall–Kier alpha value is -1.62. The highest BCUT2D eigenvalue weighted by Crippen LogP contribution is 2.19. The van der Waals surface area contributed by atoms with E-state index in [1.807, 2.05) is 13.8 Å². The molecule has 4 nitrogen and oxygen atoms in total. The van der Waals surface area contributed by atoms with E-state index in [1.54, 1.807) is 37.1 Å². The zero-order valence-corrected chi connectivity index (χ0v) is 11.9. The number of amides is 1. The third-order valence-electron chi connectivity index (χ3n) is 2.97. The van der Waals surface area contributed by atoms with Crippen molar-refractivity contribution in [3.05, 3.63) is 30.1 Å². The minimum Gasteiger partial charge on any atom is -0.370 e. The number of carbonyl (C=O) groups is 1. The average molecular weight is 267 g/mol. The fraction of sp³-hybridized carbons (Fsp3) is 0.500. The van der Waals surface area contributed by atoms with Crippen molar-refractivity contribution in [1.82, 2.24) is 5.32 Å². The standard InChI is InChI=1S/C14H22FN3O/c1-10(2)17-14(3,13(16)19)9-18(4)12-8-6-5-7-11(12)15/h5-8,10,17H,9H2,1-4H3,(H2,16,19). The van der Waals surface area contributed by atoms with Gasteiger partial charge in [-0.05, 0) is 32.9 Å². The number of nitrogens with zero attached hydrogens (tertiary/aromatic N) is 1. The molecule has 0 spiro atoms. The number of benzene rings is 1. The van der Waals surface area contributed by atoms with Crippen molar-refractivity contribution in [1.29, 1.82) is 0 Å². The van der Waals surface area contributed by atoms with E-state index in [0.717, 1.165) is 0 Å². The van der Waals surface area contributed by atoms with Crippen molar-refractivity contribution >= 4 is 11.6 Å². The number of hydrogen-bond acceptors (Lipinski definition) is 3. The van der Waals surface area contributed by atoms with E-state index in [2.05, 4.69) is 5.32 Å². The largest absolute Gasteiger partial charge is 0.370 e. The summed E-state index contributed by atoms with van der Waals surface area (Å²) in [5.41, 5.74) is 5.00. The Bertz CT molecular complexity index is 450. The van der Waals surface area contributed by atoms with Crippen LogP contribution in [0, 0.1) is 5.82 Å². The van der Waals surface area contributed by atoms with Gasteiger partial charge in [0.15, 0.2) is 0 Å². The minimum atomic E-state index is -0.912. The van der Waals surface area contributed by atoms with E-state index < -0.39 is 11.4 Å². The van der Waals surface area contributed by atoms with Crippen LogP contribution in [0.5, 0.6) is 0 Å². The van der Waals surface area contributed by atoms with Crippen molar-refractivity contribution < 1.29 is 9.18 Å². The number of nitrogens with two attached hydrogens (primary N) is 1. The van der Waals surface area contributed by atoms with Gasteiger partial charge >= 0.3 is 0 Å². The first-order chi connectivity index (χ1) is 8.76. The maximum Gasteiger partial charge on any atom is 0.239 e. The molecule has 0 aliphatic heterocycles. The second-order valence-corrected chi connectivity index (χ2v) is 5.30. The Morgan fingerprint density at radius 2 is 2.05 bits per heavy atom. The highest BCUT2D eigenvalue weighted by molar-refractivity contribution is 5.85. The summed E-state index contributed by atoms with van der Waals surface area (Å²) in [5, 5.41) is 3.14. The van der Waals surface area contributed by atoms with Crippen molar-refractivity contribution in [2.24, 2.45) is 5.73 Å². The summed E-state index contributed by atoms with van der Waals surface area (Å²) in [4.78, 5) is 13.3. The lowest BCUT2D eigenvalue weighted by Crippen LogP contribution is -2.61. The van der Waals surface area contributed by atoms with Crippen LogP contribution in [0.4, 0.5) is 10.1 Å². The quantitative estimate of drug-likeness (QED) is 0.821. The number of primary amides is 1. The van der Waals surface area contributed by atoms with Crippen LogP contribution in [0.15, 0.2) is 24.3 Å². The minimum absolute atomic E-state index is 0.103. The second-order valence-electron chi connectivity index (χ2n) is 5.30. The summed E-state index contributed by atoms with van der Waals surface area (Å²) in [7, 11) is 1.74. The first kappa shape index (κ1) is 15.4. The average Bonchev–Trinajstić information content (AvgIpc) is 2.27. The van der Waals surface area contributed by atoms with Crippen LogP contribution in [-0.2, 0) is 4.79 Å². The van der Waals surface area contributed by atoms with Crippen LogP contribution in [-0.4, -0.2) is 31.1 Å². The number of nitrogens with one attached hydrogen (secondary N) is 1. The highest BCUT2D eigenvalue weighted by Gasteiger charge is 2.33. The molecule has 0 fully saturated rings. The lowest BCUT2D eigenvalue weighted by molar-refractivity contribution is -0.123. The number of halogens is 1. The first-order valence-corrected chi connectivity index (χ1v) is 6.29. The molecule has 1 amide bonds. The molecule has 1 aromatic carbocycles. The molecule has 0 aromatic heterocycles. The predicted octanol–water partition coefficient (Wildman–Crippen LogP) is 1.50. The molecule has 1 unspecified atom stereocenters. The van der Waals surface area contributed by atoms with Crippen LogP contribution in [0.1, 0.15) is 20.8 Å². The Kier molecular flexibility index (Phi) is 4.89. The van der Waals surface area contributed by atoms with Crippen LogP contribution in [0.25, 0.3) is 0 Å². The Balaban J connectivity index is 2.91. The van der Waals surface area contributed by atoms with E-state index in [9.17, 15) is 9.18 Å². The maximum atomic E-state index is 13.7. The summed E-state index contributed by atoms with van der Waals surface area (Å²) in [6.45, 7) is 5.89. The molecule has 0 aliphatic rings. The van der Waals surface area contributed by atoms with Gasteiger partial charge in [0.2, 0.25) is 5.91 Å². The molecule has 0 saturated carbocycles. The van der Waals surface area contributed by atoms with Crippen LogP contribution in [0.3, 0.4) is 0 Å². The molecule has 5 heteroatoms. The van der Waals surface area contributed by atoms with Gasteiger partial charge < -0.3 is 10.6 Å². The molecular formula is C14H22FN3O. The molecular weight excluding hydrogens is 245 g/mol. The summed E-state index contributed by atoms with van der Waals surface area (Å²) in [6.07, 6.45) is 0. The Morgan fingerprint density at radius 1 is 1.47 bits per heavy atom. The smallest absolute Gasteiger partial charge is 0.239 e. The zero-order valence-electron chi connectivity index (χ0n) is 11.9. The summed E-state index contributed by atoms with van der Waals surface area (Å²) < 4.78 is 13.7. The Labute approximate surface area is 113 Å². The summed E-state index contributed by atoms with van der Waals surface area (Å²) in [5.74, 6) is -0.772. The second kappa shape index (κ2) is 6.02. The molecule has 3 N–H and O–H groups in total. The fourth-order valence-electron chi connectivity index (χ4n) is 2.15. The monoisotopic (exact) mass is 267 g/mol. The van der Waals surface area contributed by atoms with Crippen molar-refractivity contribution in [2.45, 2.75) is 32.4 Å². The van der Waals surface area contributed by atoms with Gasteiger partial charge in [0.05, 0.1) is 5.69 Å². The molecule has 0 radical (unpaired) electrons. The first-order valence-electron chi connectivity index (χ1n) is 6.29. The molecule has 106 valence electrons. The molecule has 19 heavy (non-hydrogen) atoms. The van der Waals surface area contributed by atoms with Crippen LogP contribution < -0.4 is 16.0 Å². The van der Waals surface area contributed by atoms with E-state index in [4.69, 9.17) is 5.73 Å². The maximum absolute atomic E-state index is 13.7. The van der Waals surface area contributed by atoms with Crippen molar-refractivity contribution in [3.63, 3.8) is 0 Å². The number of hydrogen-bond donors (Lipinski definition) is 2. The third kappa shape index (κ3) is 3.92. The van der Waals surface area contributed by atoms with Gasteiger partial charge in [0.25, 0.3) is 0 Å². The van der Waals surface area contributed by atoms with Gasteiger partial charge in [-0.1, -0.05) is 12.1 Å². The summed E-state index contributed by atoms with van der Waals surface area (Å²) >= 11 is 0. The van der Waals surface area contributed by atoms with E-state index in [0.29, 0.717) is 12.2 Å². The fourth-order valence-corrected chi connectivity index (χ4v) is 2.15. The molecule has 1 atom stereocenters. The molecule has 0 heterocycles. The van der Waals surface area contributed by atoms with E-state index >= 15 is 0 Å². The number of rotatable bonds is 6. The van der Waals surface area contributed by atoms with Gasteiger partial charge in [-0.15, -0.1) is 0 Å². The number of likely N-dealkylation sites (N-methyl/N-ethyl adjacent to an activating group) is 1. The number of anilines is 1. The Morgan fingerprint density at radius 3 is 2.53 bits per heavy atom. The lowest BCUT2D eigenvalue weighted by Gasteiger charge is -2.34. The topological polar surface area (TPSA) is 58.4 Å². The van der Waals surface area contributed by atoms with Gasteiger partial charge in [-0.2, -0.15) is 0 Å². The van der Waals surface area contributed by atoms with Gasteiger partial charge in [-0.25, -0.2) is 4.39 Å². The normalized spacial score (nSPS) is 14.2. The number of carbonyl (C=O) groups excluding carboxylic acids is 1. The molecule has 0 bridgehead atoms. The van der Waals surface area contributed by atoms with E-state index in [-0.39, 0.29) is 11.9 Å². The molecule has 0 saturated heterocycles. The van der Waals surface area contributed by atoms with Gasteiger partial charge in [-0.3, -0.25) is 10.1 Å². The highest BCUT2D eigenvalue weighted by atomic mass is 19.1. The van der Waals surface area contributed by atoms with Gasteiger partial charge in [0.1, 0.15) is 11.4 Å². The zero-order chi connectivity index (χ0) is 14.6. The predicted molar refractivity (Wildman–Crippen MR) is 75.5 cm³/mol. The number of para-hydroxylation sites is 1. The molecule has 1 rings (SSSR count).